The third-order valence-corrected chi connectivity index (χ3v) is 5.19. The molecule has 25 heavy (non-hydrogen) atoms. The van der Waals surface area contributed by atoms with Crippen LogP contribution in [0.25, 0.3) is 11.3 Å². The number of carbonyl (C=O) groups excluding carboxylic acids is 1. The summed E-state index contributed by atoms with van der Waals surface area (Å²) in [5.74, 6) is 0.638. The first-order valence-corrected chi connectivity index (χ1v) is 9.50. The number of nitrogens with one attached hydrogen (secondary N) is 1. The average molecular weight is 374 g/mol. The van der Waals surface area contributed by atoms with Crippen LogP contribution < -0.4 is 10.1 Å². The van der Waals surface area contributed by atoms with Gasteiger partial charge < -0.3 is 4.74 Å². The molecule has 8 heteroatoms. The van der Waals surface area contributed by atoms with Crippen LogP contribution in [0.4, 0.5) is 5.13 Å². The van der Waals surface area contributed by atoms with Crippen molar-refractivity contribution in [1.82, 2.24) is 14.6 Å². The van der Waals surface area contributed by atoms with Crippen molar-refractivity contribution in [3.8, 4) is 17.0 Å². The first kappa shape index (κ1) is 17.5. The van der Waals surface area contributed by atoms with Crippen LogP contribution >= 0.6 is 22.9 Å². The lowest BCUT2D eigenvalue weighted by molar-refractivity contribution is 0.102. The normalized spacial score (nSPS) is 10.7. The zero-order chi connectivity index (χ0) is 17.8. The molecule has 0 radical (unpaired) electrons. The van der Waals surface area contributed by atoms with Gasteiger partial charge in [0.2, 0.25) is 0 Å². The molecule has 1 N–H and O–H groups in total. The van der Waals surface area contributed by atoms with E-state index in [1.54, 1.807) is 7.11 Å². The monoisotopic (exact) mass is 374 g/mol. The Morgan fingerprint density at radius 1 is 1.36 bits per heavy atom. The van der Waals surface area contributed by atoms with E-state index in [0.717, 1.165) is 52.6 Å². The molecule has 0 atom stereocenters. The quantitative estimate of drug-likeness (QED) is 0.700. The molecule has 0 aliphatic heterocycles. The van der Waals surface area contributed by atoms with E-state index in [4.69, 9.17) is 4.74 Å². The topological polar surface area (TPSA) is 77.0 Å². The molecule has 130 valence electrons. The van der Waals surface area contributed by atoms with Crippen LogP contribution in [0.5, 0.6) is 5.75 Å². The highest BCUT2D eigenvalue weighted by molar-refractivity contribution is 7.14. The Morgan fingerprint density at radius 3 is 2.92 bits per heavy atom. The molecule has 0 unspecified atom stereocenters. The number of aromatic nitrogens is 3. The third-order valence-electron chi connectivity index (χ3n) is 3.66. The number of methoxy groups -OCH3 is 1. The zero-order valence-electron chi connectivity index (χ0n) is 14.2. The summed E-state index contributed by atoms with van der Waals surface area (Å²) >= 11 is 2.51. The van der Waals surface area contributed by atoms with Crippen LogP contribution in [0.15, 0.2) is 23.6 Å². The molecule has 0 saturated carbocycles. The number of benzene rings is 1. The summed E-state index contributed by atoms with van der Waals surface area (Å²) in [5, 5.41) is 9.36. The van der Waals surface area contributed by atoms with Crippen LogP contribution in [-0.4, -0.2) is 27.6 Å². The Hall–Kier alpha value is -2.32. The molecule has 6 nitrogen and oxygen atoms in total. The molecule has 0 bridgehead atoms. The molecule has 0 fully saturated rings. The fraction of sp³-hybridized carbons (Fsp3) is 0.294. The molecular weight excluding hydrogens is 356 g/mol. The van der Waals surface area contributed by atoms with Crippen LogP contribution in [0, 0.1) is 6.92 Å². The maximum Gasteiger partial charge on any atom is 0.271 e. The second-order valence-electron chi connectivity index (χ2n) is 5.48. The maximum atomic E-state index is 12.4. The maximum absolute atomic E-state index is 12.4. The number of amides is 1. The fourth-order valence-electron chi connectivity index (χ4n) is 2.44. The number of anilines is 1. The van der Waals surface area contributed by atoms with Crippen LogP contribution in [0.1, 0.15) is 34.3 Å². The number of nitrogens with zero attached hydrogens (tertiary/aromatic N) is 3. The van der Waals surface area contributed by atoms with Crippen molar-refractivity contribution in [1.29, 1.82) is 0 Å². The lowest BCUT2D eigenvalue weighted by atomic mass is 10.1. The molecule has 1 aromatic carbocycles. The molecule has 0 spiro atoms. The van der Waals surface area contributed by atoms with Gasteiger partial charge in [-0.3, -0.25) is 10.1 Å². The Bertz CT molecular complexity index is 888. The van der Waals surface area contributed by atoms with E-state index < -0.39 is 0 Å². The number of rotatable bonds is 6. The van der Waals surface area contributed by atoms with Gasteiger partial charge in [-0.25, -0.2) is 4.98 Å². The van der Waals surface area contributed by atoms with E-state index in [2.05, 4.69) is 19.9 Å². The Balaban J connectivity index is 1.76. The highest BCUT2D eigenvalue weighted by Crippen LogP contribution is 2.29. The summed E-state index contributed by atoms with van der Waals surface area (Å²) in [4.78, 5) is 17.5. The van der Waals surface area contributed by atoms with Crippen molar-refractivity contribution in [2.45, 2.75) is 26.7 Å². The standard InChI is InChI=1S/C17H18N4O2S2/c1-4-5-12-15(25-21-20-12)16(22)19-17-18-13(9-24-17)11-6-7-14(23-3)10(2)8-11/h6-9H,4-5H2,1-3H3,(H,18,19,22). The predicted molar refractivity (Wildman–Crippen MR) is 101 cm³/mol. The van der Waals surface area contributed by atoms with Gasteiger partial charge in [-0.1, -0.05) is 17.8 Å². The minimum absolute atomic E-state index is 0.203. The Labute approximate surface area is 154 Å². The fourth-order valence-corrected chi connectivity index (χ4v) is 3.75. The Morgan fingerprint density at radius 2 is 2.20 bits per heavy atom. The van der Waals surface area contributed by atoms with E-state index >= 15 is 0 Å². The highest BCUT2D eigenvalue weighted by atomic mass is 32.1. The van der Waals surface area contributed by atoms with Gasteiger partial charge in [0.25, 0.3) is 5.91 Å². The first-order valence-electron chi connectivity index (χ1n) is 7.85. The van der Waals surface area contributed by atoms with Crippen molar-refractivity contribution in [2.24, 2.45) is 0 Å². The van der Waals surface area contributed by atoms with Gasteiger partial charge in [0.15, 0.2) is 5.13 Å². The number of hydrogen-bond donors (Lipinski definition) is 1. The van der Waals surface area contributed by atoms with Gasteiger partial charge in [-0.2, -0.15) is 0 Å². The summed E-state index contributed by atoms with van der Waals surface area (Å²) in [5.41, 5.74) is 3.59. The smallest absolute Gasteiger partial charge is 0.271 e. The van der Waals surface area contributed by atoms with Crippen molar-refractivity contribution in [3.05, 3.63) is 39.7 Å². The lowest BCUT2D eigenvalue weighted by Gasteiger charge is -2.05. The number of aryl methyl sites for hydroxylation is 2. The van der Waals surface area contributed by atoms with Crippen LogP contribution in [0.3, 0.4) is 0 Å². The van der Waals surface area contributed by atoms with Crippen molar-refractivity contribution in [3.63, 3.8) is 0 Å². The van der Waals surface area contributed by atoms with Gasteiger partial charge in [0.1, 0.15) is 10.6 Å². The summed E-state index contributed by atoms with van der Waals surface area (Å²) in [6, 6.07) is 5.90. The first-order chi connectivity index (χ1) is 12.1. The molecule has 1 amide bonds. The third kappa shape index (κ3) is 3.85. The molecule has 0 aliphatic carbocycles. The molecular formula is C17H18N4O2S2. The van der Waals surface area contributed by atoms with Gasteiger partial charge in [0, 0.05) is 10.9 Å². The minimum Gasteiger partial charge on any atom is -0.496 e. The van der Waals surface area contributed by atoms with E-state index in [-0.39, 0.29) is 5.91 Å². The number of ether oxygens (including phenoxy) is 1. The highest BCUT2D eigenvalue weighted by Gasteiger charge is 2.17. The molecule has 2 heterocycles. The summed E-state index contributed by atoms with van der Waals surface area (Å²) < 4.78 is 9.16. The van der Waals surface area contributed by atoms with Crippen molar-refractivity contribution >= 4 is 33.9 Å². The summed E-state index contributed by atoms with van der Waals surface area (Å²) in [7, 11) is 1.65. The van der Waals surface area contributed by atoms with Gasteiger partial charge in [-0.05, 0) is 48.6 Å². The second-order valence-corrected chi connectivity index (χ2v) is 7.09. The van der Waals surface area contributed by atoms with E-state index in [1.165, 1.54) is 11.3 Å². The van der Waals surface area contributed by atoms with E-state index in [1.807, 2.05) is 37.4 Å². The molecule has 3 rings (SSSR count). The predicted octanol–water partition coefficient (Wildman–Crippen LogP) is 4.18. The minimum atomic E-state index is -0.203. The molecule has 2 aromatic heterocycles. The number of hydrogen-bond acceptors (Lipinski definition) is 7. The lowest BCUT2D eigenvalue weighted by Crippen LogP contribution is -2.12. The molecule has 0 aliphatic rings. The van der Waals surface area contributed by atoms with Crippen molar-refractivity contribution in [2.75, 3.05) is 12.4 Å². The van der Waals surface area contributed by atoms with Gasteiger partial charge in [-0.15, -0.1) is 16.4 Å². The van der Waals surface area contributed by atoms with Gasteiger partial charge in [0.05, 0.1) is 18.5 Å². The van der Waals surface area contributed by atoms with Crippen LogP contribution in [0.2, 0.25) is 0 Å². The molecule has 0 saturated heterocycles. The molecule has 3 aromatic rings. The number of thiazole rings is 1. The van der Waals surface area contributed by atoms with Gasteiger partial charge >= 0.3 is 0 Å². The Kier molecular flexibility index (Phi) is 5.40. The summed E-state index contributed by atoms with van der Waals surface area (Å²) in [6.07, 6.45) is 1.66. The average Bonchev–Trinajstić information content (AvgIpc) is 3.24. The number of carbonyl (C=O) groups is 1. The second kappa shape index (κ2) is 7.71. The van der Waals surface area contributed by atoms with Crippen LogP contribution in [-0.2, 0) is 6.42 Å². The van der Waals surface area contributed by atoms with E-state index in [0.29, 0.717) is 10.0 Å². The largest absolute Gasteiger partial charge is 0.496 e. The SMILES string of the molecule is CCCc1nnsc1C(=O)Nc1nc(-c2ccc(OC)c(C)c2)cs1. The van der Waals surface area contributed by atoms with E-state index in [9.17, 15) is 4.79 Å². The zero-order valence-corrected chi connectivity index (χ0v) is 15.8. The van der Waals surface area contributed by atoms with Crippen molar-refractivity contribution < 1.29 is 9.53 Å². The summed E-state index contributed by atoms with van der Waals surface area (Å²) in [6.45, 7) is 4.04.